The Morgan fingerprint density at radius 3 is 2.55 bits per heavy atom. The van der Waals surface area contributed by atoms with E-state index in [-0.39, 0.29) is 11.5 Å². The van der Waals surface area contributed by atoms with Crippen LogP contribution in [0.2, 0.25) is 0 Å². The number of nitrogens with one attached hydrogen (secondary N) is 1. The second kappa shape index (κ2) is 6.76. The minimum absolute atomic E-state index is 0.00210. The highest BCUT2D eigenvalue weighted by molar-refractivity contribution is 5.67. The summed E-state index contributed by atoms with van der Waals surface area (Å²) >= 11 is 0. The fraction of sp³-hybridized carbons (Fsp3) is 0.933. The van der Waals surface area contributed by atoms with E-state index in [1.54, 1.807) is 0 Å². The Hall–Kier alpha value is -0.810. The largest absolute Gasteiger partial charge is 0.444 e. The van der Waals surface area contributed by atoms with Crippen LogP contribution in [0.3, 0.4) is 0 Å². The molecular formula is C15H30N2O3. The fourth-order valence-corrected chi connectivity index (χ4v) is 2.42. The van der Waals surface area contributed by atoms with E-state index >= 15 is 0 Å². The first-order valence-electron chi connectivity index (χ1n) is 7.42. The van der Waals surface area contributed by atoms with Crippen LogP contribution < -0.4 is 11.1 Å². The van der Waals surface area contributed by atoms with Crippen LogP contribution in [0.25, 0.3) is 0 Å². The maximum absolute atomic E-state index is 11.7. The minimum atomic E-state index is -0.479. The van der Waals surface area contributed by atoms with Gasteiger partial charge in [0.15, 0.2) is 0 Å². The van der Waals surface area contributed by atoms with Gasteiger partial charge in [-0.25, -0.2) is 4.79 Å². The number of rotatable bonds is 4. The lowest BCUT2D eigenvalue weighted by molar-refractivity contribution is 0.0221. The molecule has 5 heteroatoms. The Morgan fingerprint density at radius 2 is 2.05 bits per heavy atom. The molecule has 0 bridgehead atoms. The van der Waals surface area contributed by atoms with Gasteiger partial charge < -0.3 is 20.5 Å². The zero-order valence-corrected chi connectivity index (χ0v) is 13.5. The van der Waals surface area contributed by atoms with Crippen LogP contribution in [0, 0.1) is 11.3 Å². The van der Waals surface area contributed by atoms with Gasteiger partial charge in [0.2, 0.25) is 0 Å². The van der Waals surface area contributed by atoms with Crippen LogP contribution in [-0.2, 0) is 9.47 Å². The molecule has 118 valence electrons. The molecule has 1 heterocycles. The zero-order valence-electron chi connectivity index (χ0n) is 13.5. The SMILES string of the molecule is CC(C)(C)OC(=O)NCC(C)(C)C(N)C1CCCOC1. The van der Waals surface area contributed by atoms with Crippen LogP contribution in [0.5, 0.6) is 0 Å². The van der Waals surface area contributed by atoms with Gasteiger partial charge in [0.25, 0.3) is 0 Å². The average Bonchev–Trinajstić information content (AvgIpc) is 2.35. The number of alkyl carbamates (subject to hydrolysis) is 1. The highest BCUT2D eigenvalue weighted by atomic mass is 16.6. The Labute approximate surface area is 122 Å². The molecule has 1 saturated heterocycles. The van der Waals surface area contributed by atoms with Crippen molar-refractivity contribution in [3.63, 3.8) is 0 Å². The molecule has 1 aliphatic heterocycles. The van der Waals surface area contributed by atoms with Crippen molar-refractivity contribution in [3.05, 3.63) is 0 Å². The molecule has 1 amide bonds. The first-order chi connectivity index (χ1) is 9.12. The molecule has 3 N–H and O–H groups in total. The maximum Gasteiger partial charge on any atom is 0.407 e. The molecule has 0 aromatic carbocycles. The highest BCUT2D eigenvalue weighted by Gasteiger charge is 2.34. The molecule has 0 aliphatic carbocycles. The van der Waals surface area contributed by atoms with Gasteiger partial charge in [-0.1, -0.05) is 13.8 Å². The number of hydrogen-bond donors (Lipinski definition) is 2. The summed E-state index contributed by atoms with van der Waals surface area (Å²) in [6.07, 6.45) is 1.77. The quantitative estimate of drug-likeness (QED) is 0.831. The predicted molar refractivity (Wildman–Crippen MR) is 79.5 cm³/mol. The molecule has 1 fully saturated rings. The van der Waals surface area contributed by atoms with Crippen molar-refractivity contribution in [2.24, 2.45) is 17.1 Å². The number of amides is 1. The van der Waals surface area contributed by atoms with Crippen molar-refractivity contribution in [3.8, 4) is 0 Å². The Morgan fingerprint density at radius 1 is 1.40 bits per heavy atom. The van der Waals surface area contributed by atoms with E-state index in [4.69, 9.17) is 15.2 Å². The van der Waals surface area contributed by atoms with Crippen LogP contribution in [0.4, 0.5) is 4.79 Å². The average molecular weight is 286 g/mol. The zero-order chi connectivity index (χ0) is 15.4. The fourth-order valence-electron chi connectivity index (χ4n) is 2.42. The van der Waals surface area contributed by atoms with E-state index in [1.165, 1.54) is 0 Å². The molecule has 20 heavy (non-hydrogen) atoms. The summed E-state index contributed by atoms with van der Waals surface area (Å²) in [5.74, 6) is 0.360. The van der Waals surface area contributed by atoms with E-state index in [0.29, 0.717) is 12.5 Å². The molecule has 5 nitrogen and oxygen atoms in total. The molecule has 0 aromatic heterocycles. The molecular weight excluding hydrogens is 256 g/mol. The number of carbonyl (C=O) groups is 1. The van der Waals surface area contributed by atoms with Gasteiger partial charge in [0.05, 0.1) is 6.61 Å². The molecule has 2 unspecified atom stereocenters. The third kappa shape index (κ3) is 5.67. The lowest BCUT2D eigenvalue weighted by Crippen LogP contribution is -2.51. The van der Waals surface area contributed by atoms with E-state index in [1.807, 2.05) is 20.8 Å². The van der Waals surface area contributed by atoms with Gasteiger partial charge in [-0.05, 0) is 44.9 Å². The molecule has 0 saturated carbocycles. The van der Waals surface area contributed by atoms with Gasteiger partial charge >= 0.3 is 6.09 Å². The van der Waals surface area contributed by atoms with Gasteiger partial charge in [-0.2, -0.15) is 0 Å². The Balaban J connectivity index is 2.45. The van der Waals surface area contributed by atoms with E-state index in [0.717, 1.165) is 26.1 Å². The van der Waals surface area contributed by atoms with Crippen LogP contribution in [0.1, 0.15) is 47.5 Å². The summed E-state index contributed by atoms with van der Waals surface area (Å²) in [7, 11) is 0. The molecule has 0 spiro atoms. The summed E-state index contributed by atoms with van der Waals surface area (Å²) in [5, 5.41) is 2.82. The van der Waals surface area contributed by atoms with E-state index in [9.17, 15) is 4.79 Å². The smallest absolute Gasteiger partial charge is 0.407 e. The maximum atomic E-state index is 11.7. The second-order valence-corrected chi connectivity index (χ2v) is 7.35. The highest BCUT2D eigenvalue weighted by Crippen LogP contribution is 2.28. The summed E-state index contributed by atoms with van der Waals surface area (Å²) < 4.78 is 10.7. The van der Waals surface area contributed by atoms with Crippen LogP contribution >= 0.6 is 0 Å². The molecule has 0 radical (unpaired) electrons. The van der Waals surface area contributed by atoms with Crippen LogP contribution in [-0.4, -0.2) is 37.5 Å². The van der Waals surface area contributed by atoms with E-state index < -0.39 is 11.7 Å². The molecule has 0 aromatic rings. The number of carbonyl (C=O) groups excluding carboxylic acids is 1. The van der Waals surface area contributed by atoms with Crippen molar-refractivity contribution < 1.29 is 14.3 Å². The van der Waals surface area contributed by atoms with Crippen molar-refractivity contribution in [1.82, 2.24) is 5.32 Å². The Kier molecular flexibility index (Phi) is 5.83. The summed E-state index contributed by atoms with van der Waals surface area (Å²) in [6.45, 7) is 11.7. The third-order valence-corrected chi connectivity index (χ3v) is 3.69. The predicted octanol–water partition coefficient (Wildman–Crippen LogP) is 2.29. The summed E-state index contributed by atoms with van der Waals surface area (Å²) in [5.41, 5.74) is 5.70. The van der Waals surface area contributed by atoms with Gasteiger partial charge in [-0.3, -0.25) is 0 Å². The third-order valence-electron chi connectivity index (χ3n) is 3.69. The first-order valence-corrected chi connectivity index (χ1v) is 7.42. The van der Waals surface area contributed by atoms with Gasteiger partial charge in [0.1, 0.15) is 5.60 Å². The second-order valence-electron chi connectivity index (χ2n) is 7.35. The lowest BCUT2D eigenvalue weighted by Gasteiger charge is -2.38. The molecule has 1 aliphatic rings. The van der Waals surface area contributed by atoms with Crippen molar-refractivity contribution in [2.75, 3.05) is 19.8 Å². The van der Waals surface area contributed by atoms with E-state index in [2.05, 4.69) is 19.2 Å². The normalized spacial score (nSPS) is 22.2. The standard InChI is InChI=1S/C15H30N2O3/c1-14(2,3)20-13(18)17-10-15(4,5)12(16)11-7-6-8-19-9-11/h11-12H,6-10,16H2,1-5H3,(H,17,18). The van der Waals surface area contributed by atoms with Gasteiger partial charge in [0, 0.05) is 19.2 Å². The van der Waals surface area contributed by atoms with Crippen molar-refractivity contribution in [1.29, 1.82) is 0 Å². The molecule has 1 rings (SSSR count). The minimum Gasteiger partial charge on any atom is -0.444 e. The number of hydrogen-bond acceptors (Lipinski definition) is 4. The van der Waals surface area contributed by atoms with Crippen molar-refractivity contribution >= 4 is 6.09 Å². The summed E-state index contributed by atoms with van der Waals surface area (Å²) in [4.78, 5) is 11.7. The Bertz CT molecular complexity index is 318. The topological polar surface area (TPSA) is 73.6 Å². The first kappa shape index (κ1) is 17.2. The lowest BCUT2D eigenvalue weighted by atomic mass is 9.76. The van der Waals surface area contributed by atoms with Crippen LogP contribution in [0.15, 0.2) is 0 Å². The van der Waals surface area contributed by atoms with Gasteiger partial charge in [-0.15, -0.1) is 0 Å². The number of ether oxygens (including phenoxy) is 2. The monoisotopic (exact) mass is 286 g/mol. The summed E-state index contributed by atoms with van der Waals surface area (Å²) in [6, 6.07) is -0.00210. The molecule has 2 atom stereocenters. The van der Waals surface area contributed by atoms with Crippen molar-refractivity contribution in [2.45, 2.75) is 59.1 Å². The number of nitrogens with two attached hydrogens (primary N) is 1.